The van der Waals surface area contributed by atoms with Crippen LogP contribution >= 0.6 is 0 Å². The molecule has 0 bridgehead atoms. The number of carbonyl (C=O) groups is 1. The van der Waals surface area contributed by atoms with Crippen molar-refractivity contribution in [3.63, 3.8) is 0 Å². The summed E-state index contributed by atoms with van der Waals surface area (Å²) in [6, 6.07) is -0.323. The lowest BCUT2D eigenvalue weighted by molar-refractivity contribution is -0.144. The number of carbonyl (C=O) groups excluding carboxylic acids is 1. The second kappa shape index (κ2) is 5.32. The Morgan fingerprint density at radius 2 is 2.08 bits per heavy atom. The fraction of sp³-hybridized carbons (Fsp3) is 0.571. The van der Waals surface area contributed by atoms with E-state index in [0.29, 0.717) is 24.9 Å². The Morgan fingerprint density at radius 3 is 2.79 bits per heavy atom. The first-order chi connectivity index (χ1) is 11.4. The minimum absolute atomic E-state index is 0.0550. The molecule has 2 fully saturated rings. The van der Waals surface area contributed by atoms with Crippen molar-refractivity contribution in [2.24, 2.45) is 0 Å². The normalized spacial score (nSPS) is 21.5. The lowest BCUT2D eigenvalue weighted by atomic mass is 10.2. The molecule has 1 unspecified atom stereocenters. The van der Waals surface area contributed by atoms with Gasteiger partial charge < -0.3 is 15.2 Å². The number of H-pyrrole nitrogens is 1. The molecule has 0 radical (unpaired) electrons. The first kappa shape index (κ1) is 15.2. The van der Waals surface area contributed by atoms with Gasteiger partial charge in [0.25, 0.3) is 0 Å². The number of amides is 1. The van der Waals surface area contributed by atoms with Gasteiger partial charge in [-0.1, -0.05) is 0 Å². The first-order valence-electron chi connectivity index (χ1n) is 7.79. The van der Waals surface area contributed by atoms with Crippen LogP contribution in [0.5, 0.6) is 0 Å². The predicted molar refractivity (Wildman–Crippen MR) is 78.2 cm³/mol. The second-order valence-corrected chi connectivity index (χ2v) is 6.10. The molecule has 1 aliphatic carbocycles. The largest absolute Gasteiger partial charge is 0.451 e. The van der Waals surface area contributed by atoms with E-state index in [1.165, 1.54) is 6.33 Å². The van der Waals surface area contributed by atoms with Gasteiger partial charge in [-0.15, -0.1) is 0 Å². The summed E-state index contributed by atoms with van der Waals surface area (Å²) in [5, 5.41) is 2.91. The molecule has 1 saturated carbocycles. The van der Waals surface area contributed by atoms with E-state index in [9.17, 15) is 18.0 Å². The minimum atomic E-state index is -4.67. The SMILES string of the molecule is O=C(NC1CC1)C1CCCN1c1nc(C(F)(F)F)nc2nc[nH]c12. The fourth-order valence-corrected chi connectivity index (χ4v) is 2.97. The number of hydrogen-bond acceptors (Lipinski definition) is 5. The van der Waals surface area contributed by atoms with Crippen LogP contribution in [0.15, 0.2) is 6.33 Å². The fourth-order valence-electron chi connectivity index (χ4n) is 2.97. The molecule has 2 aromatic heterocycles. The standard InChI is InChI=1S/C14H15F3N6O/c15-14(16,17)13-21-10-9(18-6-19-10)11(22-13)23-5-1-2-8(23)12(24)20-7-3-4-7/h6-8H,1-5H2,(H,20,24)(H,18,19,21,22). The number of rotatable bonds is 3. The van der Waals surface area contributed by atoms with Gasteiger partial charge in [0.15, 0.2) is 11.5 Å². The Kier molecular flexibility index (Phi) is 3.36. The molecule has 10 heteroatoms. The monoisotopic (exact) mass is 340 g/mol. The van der Waals surface area contributed by atoms with Gasteiger partial charge in [-0.05, 0) is 25.7 Å². The maximum absolute atomic E-state index is 13.1. The second-order valence-electron chi connectivity index (χ2n) is 6.10. The summed E-state index contributed by atoms with van der Waals surface area (Å²) in [4.78, 5) is 27.8. The number of halogens is 3. The Balaban J connectivity index is 1.73. The van der Waals surface area contributed by atoms with Gasteiger partial charge in [0.1, 0.15) is 11.6 Å². The van der Waals surface area contributed by atoms with Crippen LogP contribution in [0.1, 0.15) is 31.5 Å². The van der Waals surface area contributed by atoms with Gasteiger partial charge in [-0.25, -0.2) is 15.0 Å². The lowest BCUT2D eigenvalue weighted by Crippen LogP contribution is -2.44. The number of alkyl halides is 3. The van der Waals surface area contributed by atoms with Crippen LogP contribution in [0, 0.1) is 0 Å². The minimum Gasteiger partial charge on any atom is -0.352 e. The molecule has 2 aliphatic rings. The zero-order valence-electron chi connectivity index (χ0n) is 12.6. The van der Waals surface area contributed by atoms with Crippen LogP contribution in [0.25, 0.3) is 11.2 Å². The quantitative estimate of drug-likeness (QED) is 0.887. The van der Waals surface area contributed by atoms with Crippen molar-refractivity contribution >= 4 is 22.9 Å². The summed E-state index contributed by atoms with van der Waals surface area (Å²) < 4.78 is 39.2. The maximum atomic E-state index is 13.1. The maximum Gasteiger partial charge on any atom is 0.451 e. The molecule has 2 aromatic rings. The van der Waals surface area contributed by atoms with Crippen molar-refractivity contribution in [2.45, 2.75) is 43.9 Å². The highest BCUT2D eigenvalue weighted by Gasteiger charge is 2.39. The van der Waals surface area contributed by atoms with Crippen LogP contribution < -0.4 is 10.2 Å². The molecule has 1 amide bonds. The Labute approximate surface area is 134 Å². The van der Waals surface area contributed by atoms with Crippen LogP contribution in [0.4, 0.5) is 19.0 Å². The zero-order chi connectivity index (χ0) is 16.9. The third kappa shape index (κ3) is 2.65. The number of fused-ring (bicyclic) bond motifs is 1. The summed E-state index contributed by atoms with van der Waals surface area (Å²) in [6.45, 7) is 0.463. The summed E-state index contributed by atoms with van der Waals surface area (Å²) in [7, 11) is 0. The molecule has 7 nitrogen and oxygen atoms in total. The Hall–Kier alpha value is -2.39. The Morgan fingerprint density at radius 1 is 1.29 bits per heavy atom. The Bertz CT molecular complexity index is 784. The predicted octanol–water partition coefficient (Wildman–Crippen LogP) is 1.62. The van der Waals surface area contributed by atoms with Gasteiger partial charge in [0.2, 0.25) is 11.7 Å². The summed E-state index contributed by atoms with van der Waals surface area (Å²) >= 11 is 0. The lowest BCUT2D eigenvalue weighted by Gasteiger charge is -2.25. The molecule has 1 atom stereocenters. The van der Waals surface area contributed by atoms with Crippen molar-refractivity contribution in [1.82, 2.24) is 25.3 Å². The highest BCUT2D eigenvalue weighted by Crippen LogP contribution is 2.33. The number of imidazole rings is 1. The van der Waals surface area contributed by atoms with Crippen LogP contribution in [-0.4, -0.2) is 44.5 Å². The van der Waals surface area contributed by atoms with Crippen molar-refractivity contribution in [1.29, 1.82) is 0 Å². The van der Waals surface area contributed by atoms with E-state index < -0.39 is 18.0 Å². The summed E-state index contributed by atoms with van der Waals surface area (Å²) in [6.07, 6.45) is -0.195. The number of anilines is 1. The molecule has 0 aromatic carbocycles. The molecule has 128 valence electrons. The van der Waals surface area contributed by atoms with E-state index in [2.05, 4.69) is 25.3 Å². The highest BCUT2D eigenvalue weighted by molar-refractivity contribution is 5.90. The van der Waals surface area contributed by atoms with E-state index in [-0.39, 0.29) is 23.4 Å². The number of nitrogens with one attached hydrogen (secondary N) is 2. The average Bonchev–Trinajstić information content (AvgIpc) is 3.04. The molecule has 4 rings (SSSR count). The average molecular weight is 340 g/mol. The van der Waals surface area contributed by atoms with Crippen LogP contribution in [-0.2, 0) is 11.0 Å². The molecule has 0 spiro atoms. The van der Waals surface area contributed by atoms with E-state index in [4.69, 9.17) is 0 Å². The van der Waals surface area contributed by atoms with E-state index >= 15 is 0 Å². The van der Waals surface area contributed by atoms with Gasteiger partial charge in [0, 0.05) is 12.6 Å². The third-order valence-corrected chi connectivity index (χ3v) is 4.27. The number of hydrogen-bond donors (Lipinski definition) is 2. The van der Waals surface area contributed by atoms with Crippen molar-refractivity contribution in [3.05, 3.63) is 12.2 Å². The molecule has 1 aliphatic heterocycles. The van der Waals surface area contributed by atoms with Crippen LogP contribution in [0.3, 0.4) is 0 Å². The van der Waals surface area contributed by atoms with Crippen molar-refractivity contribution in [2.75, 3.05) is 11.4 Å². The van der Waals surface area contributed by atoms with Crippen molar-refractivity contribution < 1.29 is 18.0 Å². The number of aromatic amines is 1. The van der Waals surface area contributed by atoms with Crippen LogP contribution in [0.2, 0.25) is 0 Å². The highest BCUT2D eigenvalue weighted by atomic mass is 19.4. The number of nitrogens with zero attached hydrogens (tertiary/aromatic N) is 4. The van der Waals surface area contributed by atoms with Gasteiger partial charge >= 0.3 is 6.18 Å². The van der Waals surface area contributed by atoms with Crippen molar-refractivity contribution in [3.8, 4) is 0 Å². The number of aromatic nitrogens is 4. The smallest absolute Gasteiger partial charge is 0.352 e. The van der Waals surface area contributed by atoms with Gasteiger partial charge in [-0.2, -0.15) is 13.2 Å². The molecule has 24 heavy (non-hydrogen) atoms. The molecule has 1 saturated heterocycles. The molecular weight excluding hydrogens is 325 g/mol. The van der Waals surface area contributed by atoms with Gasteiger partial charge in [0.05, 0.1) is 6.33 Å². The van der Waals surface area contributed by atoms with E-state index in [0.717, 1.165) is 12.8 Å². The first-order valence-corrected chi connectivity index (χ1v) is 7.79. The molecule has 3 heterocycles. The van der Waals surface area contributed by atoms with Gasteiger partial charge in [-0.3, -0.25) is 4.79 Å². The third-order valence-electron chi connectivity index (χ3n) is 4.27. The summed E-state index contributed by atoms with van der Waals surface area (Å²) in [5.41, 5.74) is 0.259. The van der Waals surface area contributed by atoms with E-state index in [1.54, 1.807) is 4.90 Å². The summed E-state index contributed by atoms with van der Waals surface area (Å²) in [5.74, 6) is -1.32. The van der Waals surface area contributed by atoms with E-state index in [1.807, 2.05) is 0 Å². The molecule has 2 N–H and O–H groups in total. The topological polar surface area (TPSA) is 86.8 Å². The molecular formula is C14H15F3N6O. The zero-order valence-corrected chi connectivity index (χ0v) is 12.6.